The van der Waals surface area contributed by atoms with E-state index in [0.717, 1.165) is 5.56 Å². The lowest BCUT2D eigenvalue weighted by Gasteiger charge is -2.18. The fourth-order valence-electron chi connectivity index (χ4n) is 2.89. The van der Waals surface area contributed by atoms with Crippen molar-refractivity contribution in [2.45, 2.75) is 19.8 Å². The van der Waals surface area contributed by atoms with Crippen molar-refractivity contribution in [3.63, 3.8) is 0 Å². The van der Waals surface area contributed by atoms with Crippen molar-refractivity contribution < 1.29 is 9.47 Å². The van der Waals surface area contributed by atoms with E-state index in [9.17, 15) is 4.79 Å². The van der Waals surface area contributed by atoms with Crippen LogP contribution in [0.2, 0.25) is 0 Å². The van der Waals surface area contributed by atoms with Gasteiger partial charge in [-0.15, -0.1) is 5.11 Å². The van der Waals surface area contributed by atoms with Crippen LogP contribution < -0.4 is 15.0 Å². The Morgan fingerprint density at radius 1 is 0.926 bits per heavy atom. The first kappa shape index (κ1) is 17.1. The van der Waals surface area contributed by atoms with Crippen molar-refractivity contribution in [2.24, 2.45) is 10.2 Å². The third-order valence-electron chi connectivity index (χ3n) is 4.41. The number of hydrogen-bond acceptors (Lipinski definition) is 5. The molecule has 0 aliphatic carbocycles. The van der Waals surface area contributed by atoms with Crippen LogP contribution in [0.1, 0.15) is 25.3 Å². The van der Waals surface area contributed by atoms with Crippen LogP contribution in [0.5, 0.6) is 11.5 Å². The molecule has 4 rings (SSSR count). The molecule has 3 aromatic rings. The van der Waals surface area contributed by atoms with Crippen LogP contribution in [0.15, 0.2) is 57.5 Å². The van der Waals surface area contributed by atoms with Gasteiger partial charge < -0.3 is 9.47 Å². The number of azo groups is 1. The number of H-pyrrole nitrogens is 2. The Morgan fingerprint density at radius 2 is 1.67 bits per heavy atom. The first-order valence-corrected chi connectivity index (χ1v) is 8.84. The fourth-order valence-corrected chi connectivity index (χ4v) is 2.89. The van der Waals surface area contributed by atoms with Gasteiger partial charge >= 0.3 is 0 Å². The van der Waals surface area contributed by atoms with Crippen molar-refractivity contribution >= 4 is 11.4 Å². The van der Waals surface area contributed by atoms with E-state index in [4.69, 9.17) is 9.47 Å². The van der Waals surface area contributed by atoms with Gasteiger partial charge in [0.05, 0.1) is 11.4 Å². The maximum atomic E-state index is 12.2. The van der Waals surface area contributed by atoms with E-state index >= 15 is 0 Å². The van der Waals surface area contributed by atoms with Gasteiger partial charge in [-0.2, -0.15) is 5.11 Å². The van der Waals surface area contributed by atoms with Gasteiger partial charge in [-0.1, -0.05) is 26.0 Å². The molecule has 27 heavy (non-hydrogen) atoms. The lowest BCUT2D eigenvalue weighted by atomic mass is 10.0. The molecule has 0 atom stereocenters. The molecule has 1 aliphatic heterocycles. The third kappa shape index (κ3) is 3.48. The monoisotopic (exact) mass is 364 g/mol. The number of nitrogens with zero attached hydrogens (tertiary/aromatic N) is 2. The van der Waals surface area contributed by atoms with E-state index in [1.165, 1.54) is 5.56 Å². The zero-order valence-corrected chi connectivity index (χ0v) is 15.2. The van der Waals surface area contributed by atoms with Crippen LogP contribution in [-0.4, -0.2) is 23.4 Å². The minimum Gasteiger partial charge on any atom is -0.486 e. The summed E-state index contributed by atoms with van der Waals surface area (Å²) in [5, 5.41) is 13.8. The third-order valence-corrected chi connectivity index (χ3v) is 4.41. The van der Waals surface area contributed by atoms with Crippen molar-refractivity contribution in [3.05, 3.63) is 58.4 Å². The number of rotatable bonds is 4. The topological polar surface area (TPSA) is 91.8 Å². The largest absolute Gasteiger partial charge is 0.486 e. The van der Waals surface area contributed by atoms with Crippen LogP contribution in [0.3, 0.4) is 0 Å². The summed E-state index contributed by atoms with van der Waals surface area (Å²) in [7, 11) is 0. The van der Waals surface area contributed by atoms with Crippen molar-refractivity contribution in [1.29, 1.82) is 0 Å². The zero-order valence-electron chi connectivity index (χ0n) is 15.2. The van der Waals surface area contributed by atoms with Crippen molar-refractivity contribution in [2.75, 3.05) is 13.2 Å². The molecule has 0 fully saturated rings. The summed E-state index contributed by atoms with van der Waals surface area (Å²) >= 11 is 0. The molecule has 0 radical (unpaired) electrons. The molecule has 1 aliphatic rings. The predicted molar refractivity (Wildman–Crippen MR) is 103 cm³/mol. The van der Waals surface area contributed by atoms with Crippen molar-refractivity contribution in [1.82, 2.24) is 10.2 Å². The minimum atomic E-state index is -0.331. The fraction of sp³-hybridized carbons (Fsp3) is 0.250. The van der Waals surface area contributed by atoms with Crippen LogP contribution in [-0.2, 0) is 0 Å². The lowest BCUT2D eigenvalue weighted by molar-refractivity contribution is 0.171. The maximum absolute atomic E-state index is 12.2. The Hall–Kier alpha value is -3.35. The van der Waals surface area contributed by atoms with E-state index in [1.54, 1.807) is 0 Å². The second-order valence-corrected chi connectivity index (χ2v) is 6.61. The average Bonchev–Trinajstić information content (AvgIpc) is 3.06. The summed E-state index contributed by atoms with van der Waals surface area (Å²) in [6.45, 7) is 5.30. The summed E-state index contributed by atoms with van der Waals surface area (Å²) in [4.78, 5) is 12.2. The Morgan fingerprint density at radius 3 is 2.41 bits per heavy atom. The van der Waals surface area contributed by atoms with Gasteiger partial charge in [-0.3, -0.25) is 15.0 Å². The standard InChI is InChI=1S/C20H20N4O3/c1-12(2)13-3-6-15(7-4-13)21-23-19-18(22-24-20(19)25)14-5-8-16-17(11-14)27-10-9-26-16/h3-8,11-12H,9-10H2,1-2H3,(H2,22,24,25). The SMILES string of the molecule is CC(C)c1ccc(N=Nc2c(-c3ccc4c(c3)OCCO4)[nH][nH]c2=O)cc1. The number of hydrogen-bond donors (Lipinski definition) is 2. The molecule has 0 spiro atoms. The van der Waals surface area contributed by atoms with Gasteiger partial charge in [0.2, 0.25) is 0 Å². The number of aromatic amines is 2. The molecule has 2 aromatic carbocycles. The molecule has 7 nitrogen and oxygen atoms in total. The Bertz CT molecular complexity index is 1030. The average molecular weight is 364 g/mol. The van der Waals surface area contributed by atoms with E-state index in [2.05, 4.69) is 34.3 Å². The first-order chi connectivity index (χ1) is 13.1. The Kier molecular flexibility index (Phi) is 4.50. The lowest BCUT2D eigenvalue weighted by Crippen LogP contribution is -2.15. The highest BCUT2D eigenvalue weighted by atomic mass is 16.6. The summed E-state index contributed by atoms with van der Waals surface area (Å²) in [6.07, 6.45) is 0. The molecule has 0 bridgehead atoms. The molecule has 0 saturated carbocycles. The summed E-state index contributed by atoms with van der Waals surface area (Å²) in [6, 6.07) is 13.3. The number of fused-ring (bicyclic) bond motifs is 1. The van der Waals surface area contributed by atoms with Gasteiger partial charge in [0.1, 0.15) is 13.2 Å². The summed E-state index contributed by atoms with van der Waals surface area (Å²) in [5.74, 6) is 1.79. The van der Waals surface area contributed by atoms with Gasteiger partial charge in [0, 0.05) is 5.56 Å². The van der Waals surface area contributed by atoms with E-state index < -0.39 is 0 Å². The van der Waals surface area contributed by atoms with E-state index in [0.29, 0.717) is 42.0 Å². The molecule has 0 saturated heterocycles. The molecular formula is C20H20N4O3. The van der Waals surface area contributed by atoms with Gasteiger partial charge in [0.25, 0.3) is 5.56 Å². The van der Waals surface area contributed by atoms with Crippen LogP contribution in [0.4, 0.5) is 11.4 Å². The molecule has 0 amide bonds. The predicted octanol–water partition coefficient (Wildman–Crippen LogP) is 4.68. The molecule has 7 heteroatoms. The first-order valence-electron chi connectivity index (χ1n) is 8.84. The van der Waals surface area contributed by atoms with E-state index in [1.807, 2.05) is 42.5 Å². The van der Waals surface area contributed by atoms with Crippen LogP contribution in [0, 0.1) is 0 Å². The molecule has 138 valence electrons. The van der Waals surface area contributed by atoms with Gasteiger partial charge in [-0.25, -0.2) is 0 Å². The number of nitrogens with one attached hydrogen (secondary N) is 2. The molecule has 0 unspecified atom stereocenters. The summed E-state index contributed by atoms with van der Waals surface area (Å²) < 4.78 is 11.1. The van der Waals surface area contributed by atoms with E-state index in [-0.39, 0.29) is 11.2 Å². The maximum Gasteiger partial charge on any atom is 0.292 e. The molecular weight excluding hydrogens is 344 g/mol. The number of aromatic nitrogens is 2. The van der Waals surface area contributed by atoms with Crippen LogP contribution in [0.25, 0.3) is 11.3 Å². The molecule has 2 N–H and O–H groups in total. The van der Waals surface area contributed by atoms with Gasteiger partial charge in [-0.05, 0) is 41.8 Å². The highest BCUT2D eigenvalue weighted by molar-refractivity contribution is 5.73. The van der Waals surface area contributed by atoms with Crippen LogP contribution >= 0.6 is 0 Å². The number of ether oxygens (including phenoxy) is 2. The Balaban J connectivity index is 1.65. The second kappa shape index (κ2) is 7.11. The quantitative estimate of drug-likeness (QED) is 0.658. The highest BCUT2D eigenvalue weighted by Gasteiger charge is 2.16. The van der Waals surface area contributed by atoms with Gasteiger partial charge in [0.15, 0.2) is 17.2 Å². The number of benzene rings is 2. The smallest absolute Gasteiger partial charge is 0.292 e. The second-order valence-electron chi connectivity index (χ2n) is 6.61. The zero-order chi connectivity index (χ0) is 18.8. The normalized spacial score (nSPS) is 13.4. The molecule has 2 heterocycles. The molecule has 1 aromatic heterocycles. The minimum absolute atomic E-state index is 0.222. The summed E-state index contributed by atoms with van der Waals surface area (Å²) in [5.41, 5.74) is 3.13. The highest BCUT2D eigenvalue weighted by Crippen LogP contribution is 2.36. The van der Waals surface area contributed by atoms with Crippen molar-refractivity contribution in [3.8, 4) is 22.8 Å². The Labute approximate surface area is 156 Å².